The van der Waals surface area contributed by atoms with Crippen LogP contribution in [0.25, 0.3) is 0 Å². The third kappa shape index (κ3) is 9.38. The molecule has 0 saturated carbocycles. The van der Waals surface area contributed by atoms with Gasteiger partial charge in [-0.1, -0.05) is 0 Å². The van der Waals surface area contributed by atoms with E-state index in [-0.39, 0.29) is 37.4 Å². The van der Waals surface area contributed by atoms with Gasteiger partial charge in [0.1, 0.15) is 0 Å². The molecular formula is HLiOVW. The monoisotopic (exact) mass is 259 g/mol. The van der Waals surface area contributed by atoms with Crippen LogP contribution >= 0.6 is 0 Å². The van der Waals surface area contributed by atoms with E-state index < -0.39 is 0 Å². The van der Waals surface area contributed by atoms with Crippen molar-refractivity contribution in [1.29, 1.82) is 0 Å². The summed E-state index contributed by atoms with van der Waals surface area (Å²) in [6.45, 7) is 0. The molecule has 0 heterocycles. The molecule has 0 fully saturated rings. The maximum atomic E-state index is 8.33. The van der Waals surface area contributed by atoms with Crippen molar-refractivity contribution < 1.29 is 41.7 Å². The molecule has 1 radical (unpaired) electrons. The van der Waals surface area contributed by atoms with Crippen LogP contribution in [0.5, 0.6) is 0 Å². The molecule has 0 aromatic heterocycles. The van der Waals surface area contributed by atoms with E-state index in [2.05, 4.69) is 0 Å². The second-order valence-corrected chi connectivity index (χ2v) is 0. The molecule has 1 nitrogen and oxygen atoms in total. The van der Waals surface area contributed by atoms with Gasteiger partial charge in [-0.25, -0.2) is 0 Å². The van der Waals surface area contributed by atoms with Crippen LogP contribution < -0.4 is 0 Å². The first-order valence-electron chi connectivity index (χ1n) is 0.167. The minimum Gasteiger partial charge on any atom is 0 e. The Morgan fingerprint density at radius 2 is 1.25 bits per heavy atom. The summed E-state index contributed by atoms with van der Waals surface area (Å²) in [5.41, 5.74) is 0. The first kappa shape index (κ1) is 17.3. The summed E-state index contributed by atoms with van der Waals surface area (Å²) in [4.78, 5) is 0. The molecule has 0 spiro atoms. The Labute approximate surface area is 60.2 Å². The third-order valence-corrected chi connectivity index (χ3v) is 0. The van der Waals surface area contributed by atoms with Crippen molar-refractivity contribution in [2.24, 2.45) is 0 Å². The third-order valence-electron chi connectivity index (χ3n) is 0. The Morgan fingerprint density at radius 1 is 1.25 bits per heavy atom. The smallest absolute Gasteiger partial charge is 0 e. The SMILES string of the molecule is [LiH].[O]=[W].[V]. The van der Waals surface area contributed by atoms with Gasteiger partial charge < -0.3 is 0 Å². The van der Waals surface area contributed by atoms with E-state index in [1.807, 2.05) is 0 Å². The molecule has 19 valence electrons. The zero-order chi connectivity index (χ0) is 2.00. The maximum Gasteiger partial charge on any atom is 0 e. The van der Waals surface area contributed by atoms with Gasteiger partial charge in [-0.2, -0.15) is 0 Å². The molecule has 0 rings (SSSR count). The van der Waals surface area contributed by atoms with Crippen molar-refractivity contribution in [1.82, 2.24) is 0 Å². The molecule has 0 aliphatic heterocycles. The maximum absolute atomic E-state index is 8.33. The summed E-state index contributed by atoms with van der Waals surface area (Å²) in [7, 11) is 0. The van der Waals surface area contributed by atoms with Crippen LogP contribution in [0.4, 0.5) is 0 Å². The summed E-state index contributed by atoms with van der Waals surface area (Å²) in [6, 6.07) is 0. The molecule has 0 N–H and O–H groups in total. The van der Waals surface area contributed by atoms with E-state index in [0.717, 1.165) is 0 Å². The molecule has 4 heavy (non-hydrogen) atoms. The van der Waals surface area contributed by atoms with Crippen molar-refractivity contribution in [3.8, 4) is 0 Å². The van der Waals surface area contributed by atoms with Crippen LogP contribution in [-0.4, -0.2) is 18.9 Å². The summed E-state index contributed by atoms with van der Waals surface area (Å²) in [5, 5.41) is 0. The second kappa shape index (κ2) is 22.6. The van der Waals surface area contributed by atoms with Crippen LogP contribution in [0.1, 0.15) is 0 Å². The predicted molar refractivity (Wildman–Crippen MR) is 7.84 cm³/mol. The molecule has 0 aliphatic rings. The largest absolute Gasteiger partial charge is 0 e. The van der Waals surface area contributed by atoms with Gasteiger partial charge in [0.05, 0.1) is 0 Å². The summed E-state index contributed by atoms with van der Waals surface area (Å²) >= 11 is 0.333. The van der Waals surface area contributed by atoms with Crippen molar-refractivity contribution in [3.05, 3.63) is 0 Å². The Kier molecular flexibility index (Phi) is 97.8. The minimum absolute atomic E-state index is 0. The van der Waals surface area contributed by atoms with Crippen molar-refractivity contribution in [2.45, 2.75) is 0 Å². The van der Waals surface area contributed by atoms with Crippen molar-refractivity contribution in [3.63, 3.8) is 0 Å². The molecule has 0 bridgehead atoms. The molecule has 0 aromatic rings. The van der Waals surface area contributed by atoms with Crippen molar-refractivity contribution in [2.75, 3.05) is 0 Å². The Balaban J connectivity index is -0.00000000500. The van der Waals surface area contributed by atoms with Gasteiger partial charge in [0.15, 0.2) is 0 Å². The summed E-state index contributed by atoms with van der Waals surface area (Å²) in [5.74, 6) is 0. The van der Waals surface area contributed by atoms with Crippen LogP contribution in [0.2, 0.25) is 0 Å². The topological polar surface area (TPSA) is 17.1 Å². The fourth-order valence-corrected chi connectivity index (χ4v) is 0. The van der Waals surface area contributed by atoms with Crippen molar-refractivity contribution >= 4 is 18.9 Å². The van der Waals surface area contributed by atoms with Crippen LogP contribution in [0.15, 0.2) is 0 Å². The first-order valence-corrected chi connectivity index (χ1v) is 1.36. The molecule has 0 amide bonds. The van der Waals surface area contributed by atoms with Crippen LogP contribution in [-0.2, 0) is 41.7 Å². The fraction of sp³-hybridized carbons (Fsp3) is 0. The quantitative estimate of drug-likeness (QED) is 0.522. The second-order valence-electron chi connectivity index (χ2n) is 0. The minimum atomic E-state index is 0. The Hall–Kier alpha value is 1.67. The van der Waals surface area contributed by atoms with Gasteiger partial charge in [-0.3, -0.25) is 0 Å². The fourth-order valence-electron chi connectivity index (χ4n) is 0. The van der Waals surface area contributed by atoms with E-state index in [9.17, 15) is 0 Å². The van der Waals surface area contributed by atoms with Gasteiger partial charge in [0.2, 0.25) is 0 Å². The molecule has 0 atom stereocenters. The molecule has 0 unspecified atom stereocenters. The normalized spacial score (nSPS) is 1.00. The van der Waals surface area contributed by atoms with Gasteiger partial charge in [0, 0.05) is 18.6 Å². The molecular weight excluding hydrogens is 258 g/mol. The molecule has 0 aliphatic carbocycles. The van der Waals surface area contributed by atoms with Gasteiger partial charge >= 0.3 is 42.0 Å². The average molecular weight is 259 g/mol. The molecule has 4 heteroatoms. The van der Waals surface area contributed by atoms with E-state index in [1.165, 1.54) is 0 Å². The zero-order valence-electron chi connectivity index (χ0n) is 1.26. The van der Waals surface area contributed by atoms with E-state index in [4.69, 9.17) is 3.40 Å². The van der Waals surface area contributed by atoms with E-state index >= 15 is 0 Å². The van der Waals surface area contributed by atoms with Gasteiger partial charge in [-0.15, -0.1) is 0 Å². The standard InChI is InChI=1S/Li.O.V.W.H. The van der Waals surface area contributed by atoms with Gasteiger partial charge in [-0.05, 0) is 0 Å². The Bertz CT molecular complexity index is 8.00. The van der Waals surface area contributed by atoms with Crippen LogP contribution in [0, 0.1) is 0 Å². The average Bonchev–Trinajstić information content (AvgIpc) is 1.00. The number of hydrogen-bond donors (Lipinski definition) is 0. The summed E-state index contributed by atoms with van der Waals surface area (Å²) < 4.78 is 8.33. The van der Waals surface area contributed by atoms with Gasteiger partial charge in [0.25, 0.3) is 0 Å². The number of hydrogen-bond acceptors (Lipinski definition) is 1. The Morgan fingerprint density at radius 3 is 1.25 bits per heavy atom. The number of rotatable bonds is 0. The molecule has 0 saturated heterocycles. The van der Waals surface area contributed by atoms with E-state index in [1.54, 1.807) is 0 Å². The molecule has 0 aromatic carbocycles. The predicted octanol–water partition coefficient (Wildman–Crippen LogP) is -0.772. The van der Waals surface area contributed by atoms with Crippen LogP contribution in [0.3, 0.4) is 0 Å². The summed E-state index contributed by atoms with van der Waals surface area (Å²) in [6.07, 6.45) is 0. The zero-order valence-corrected chi connectivity index (χ0v) is 5.59. The first-order chi connectivity index (χ1) is 1.00. The van der Waals surface area contributed by atoms with E-state index in [0.29, 0.717) is 19.8 Å².